The van der Waals surface area contributed by atoms with Crippen molar-refractivity contribution in [3.05, 3.63) is 29.8 Å². The molecular weight excluding hydrogens is 278 g/mol. The number of rotatable bonds is 7. The Morgan fingerprint density at radius 3 is 2.73 bits per heavy atom. The molecule has 2 atom stereocenters. The Hall–Kier alpha value is -1.39. The summed E-state index contributed by atoms with van der Waals surface area (Å²) in [5, 5.41) is 22.9. The summed E-state index contributed by atoms with van der Waals surface area (Å²) in [7, 11) is 0. The molecule has 0 amide bonds. The number of aliphatic hydroxyl groups excluding tert-OH is 1. The topological polar surface area (TPSA) is 69.6 Å². The van der Waals surface area contributed by atoms with E-state index in [1.54, 1.807) is 24.3 Å². The van der Waals surface area contributed by atoms with E-state index in [0.717, 1.165) is 12.8 Å². The van der Waals surface area contributed by atoms with Crippen LogP contribution in [0.5, 0.6) is 5.75 Å². The zero-order chi connectivity index (χ0) is 15.9. The maximum absolute atomic E-state index is 12.1. The molecule has 0 aliphatic heterocycles. The van der Waals surface area contributed by atoms with Crippen molar-refractivity contribution in [2.45, 2.75) is 57.6 Å². The van der Waals surface area contributed by atoms with E-state index in [-0.39, 0.29) is 17.7 Å². The predicted octanol–water partition coefficient (Wildman–Crippen LogP) is 2.94. The Labute approximate surface area is 132 Å². The number of aliphatic hydroxyl groups is 1. The van der Waals surface area contributed by atoms with Crippen LogP contribution >= 0.6 is 0 Å². The minimum atomic E-state index is -0.697. The van der Waals surface area contributed by atoms with Gasteiger partial charge in [0.25, 0.3) is 0 Å². The van der Waals surface area contributed by atoms with Crippen molar-refractivity contribution in [2.75, 3.05) is 6.54 Å². The summed E-state index contributed by atoms with van der Waals surface area (Å²) in [5.41, 5.74) is 0.679. The summed E-state index contributed by atoms with van der Waals surface area (Å²) < 4.78 is 0. The van der Waals surface area contributed by atoms with Crippen molar-refractivity contribution in [3.63, 3.8) is 0 Å². The van der Waals surface area contributed by atoms with Crippen LogP contribution in [0.2, 0.25) is 0 Å². The van der Waals surface area contributed by atoms with Crippen molar-refractivity contribution in [3.8, 4) is 5.75 Å². The van der Waals surface area contributed by atoms with Crippen LogP contribution in [0.15, 0.2) is 24.3 Å². The molecule has 2 unspecified atom stereocenters. The molecule has 1 saturated carbocycles. The van der Waals surface area contributed by atoms with Gasteiger partial charge in [-0.05, 0) is 37.5 Å². The lowest BCUT2D eigenvalue weighted by molar-refractivity contribution is -0.123. The predicted molar refractivity (Wildman–Crippen MR) is 86.7 cm³/mol. The van der Waals surface area contributed by atoms with E-state index in [1.165, 1.54) is 19.3 Å². The first-order valence-electron chi connectivity index (χ1n) is 8.31. The van der Waals surface area contributed by atoms with E-state index in [0.29, 0.717) is 24.3 Å². The Bertz CT molecular complexity index is 483. The number of benzene rings is 1. The van der Waals surface area contributed by atoms with E-state index in [4.69, 9.17) is 0 Å². The van der Waals surface area contributed by atoms with E-state index in [9.17, 15) is 15.0 Å². The number of hydrogen-bond acceptors (Lipinski definition) is 4. The first-order chi connectivity index (χ1) is 10.6. The van der Waals surface area contributed by atoms with Gasteiger partial charge in [0.05, 0.1) is 6.10 Å². The van der Waals surface area contributed by atoms with Gasteiger partial charge >= 0.3 is 0 Å². The number of carbonyl (C=O) groups excluding carboxylic acids is 1. The van der Waals surface area contributed by atoms with Crippen LogP contribution in [-0.4, -0.2) is 28.6 Å². The van der Waals surface area contributed by atoms with E-state index in [1.807, 2.05) is 6.92 Å². The summed E-state index contributed by atoms with van der Waals surface area (Å²) in [5.74, 6) is 0.754. The zero-order valence-electron chi connectivity index (χ0n) is 13.3. The van der Waals surface area contributed by atoms with Gasteiger partial charge in [-0.15, -0.1) is 0 Å². The van der Waals surface area contributed by atoms with Crippen molar-refractivity contribution in [1.82, 2.24) is 5.32 Å². The standard InChI is InChI=1S/C18H27NO3/c1-13(18(22)15-8-5-9-16(20)12-15)19-11-10-17(21)14-6-3-2-4-7-14/h5,8-9,12-14,18-20,22H,2-4,6-7,10-11H2,1H3. The largest absolute Gasteiger partial charge is 0.508 e. The third-order valence-electron chi connectivity index (χ3n) is 4.58. The second kappa shape index (κ2) is 8.30. The Morgan fingerprint density at radius 1 is 1.32 bits per heavy atom. The fourth-order valence-corrected chi connectivity index (χ4v) is 3.16. The zero-order valence-corrected chi connectivity index (χ0v) is 13.3. The number of carbonyl (C=O) groups is 1. The molecule has 122 valence electrons. The molecular formula is C18H27NO3. The molecule has 0 saturated heterocycles. The molecule has 1 aliphatic carbocycles. The molecule has 1 fully saturated rings. The van der Waals surface area contributed by atoms with Gasteiger partial charge in [-0.1, -0.05) is 31.4 Å². The highest BCUT2D eigenvalue weighted by Gasteiger charge is 2.21. The molecule has 4 heteroatoms. The van der Waals surface area contributed by atoms with Crippen LogP contribution in [0, 0.1) is 5.92 Å². The molecule has 0 bridgehead atoms. The van der Waals surface area contributed by atoms with E-state index >= 15 is 0 Å². The summed E-state index contributed by atoms with van der Waals surface area (Å²) in [6.45, 7) is 2.48. The highest BCUT2D eigenvalue weighted by molar-refractivity contribution is 5.81. The highest BCUT2D eigenvalue weighted by Crippen LogP contribution is 2.25. The van der Waals surface area contributed by atoms with Crippen molar-refractivity contribution in [1.29, 1.82) is 0 Å². The molecule has 22 heavy (non-hydrogen) atoms. The number of aromatic hydroxyl groups is 1. The minimum Gasteiger partial charge on any atom is -0.508 e. The first kappa shape index (κ1) is 17.0. The monoisotopic (exact) mass is 305 g/mol. The highest BCUT2D eigenvalue weighted by atomic mass is 16.3. The van der Waals surface area contributed by atoms with Crippen molar-refractivity contribution in [2.24, 2.45) is 5.92 Å². The van der Waals surface area contributed by atoms with Gasteiger partial charge in [0.1, 0.15) is 11.5 Å². The van der Waals surface area contributed by atoms with Crippen LogP contribution in [0.25, 0.3) is 0 Å². The number of phenols is 1. The Balaban J connectivity index is 1.75. The summed E-state index contributed by atoms with van der Waals surface area (Å²) in [4.78, 5) is 12.1. The number of phenolic OH excluding ortho intramolecular Hbond substituents is 1. The van der Waals surface area contributed by atoms with Crippen LogP contribution in [-0.2, 0) is 4.79 Å². The van der Waals surface area contributed by atoms with Crippen LogP contribution in [0.3, 0.4) is 0 Å². The maximum atomic E-state index is 12.1. The van der Waals surface area contributed by atoms with E-state index in [2.05, 4.69) is 5.32 Å². The van der Waals surface area contributed by atoms with Crippen molar-refractivity contribution >= 4 is 5.78 Å². The lowest BCUT2D eigenvalue weighted by Gasteiger charge is -2.23. The Morgan fingerprint density at radius 2 is 2.05 bits per heavy atom. The third kappa shape index (κ3) is 4.82. The maximum Gasteiger partial charge on any atom is 0.137 e. The molecule has 0 spiro atoms. The normalized spacial score (nSPS) is 18.8. The molecule has 4 nitrogen and oxygen atoms in total. The fourth-order valence-electron chi connectivity index (χ4n) is 3.16. The molecule has 2 rings (SSSR count). The van der Waals surface area contributed by atoms with Gasteiger partial charge in [-0.3, -0.25) is 4.79 Å². The molecule has 0 radical (unpaired) electrons. The quantitative estimate of drug-likeness (QED) is 0.724. The summed E-state index contributed by atoms with van der Waals surface area (Å²) in [6.07, 6.45) is 5.53. The average molecular weight is 305 g/mol. The number of nitrogens with one attached hydrogen (secondary N) is 1. The lowest BCUT2D eigenvalue weighted by atomic mass is 9.85. The van der Waals surface area contributed by atoms with Gasteiger partial charge in [0.2, 0.25) is 0 Å². The molecule has 0 heterocycles. The minimum absolute atomic E-state index is 0.149. The SMILES string of the molecule is CC(NCCC(=O)C1CCCCC1)C(O)c1cccc(O)c1. The molecule has 3 N–H and O–H groups in total. The van der Waals surface area contributed by atoms with Gasteiger partial charge in [-0.25, -0.2) is 0 Å². The van der Waals surface area contributed by atoms with Crippen LogP contribution in [0.1, 0.15) is 57.1 Å². The fraction of sp³-hybridized carbons (Fsp3) is 0.611. The van der Waals surface area contributed by atoms with Crippen LogP contribution < -0.4 is 5.32 Å². The second-order valence-corrected chi connectivity index (χ2v) is 6.33. The van der Waals surface area contributed by atoms with Gasteiger partial charge < -0.3 is 15.5 Å². The number of hydrogen-bond donors (Lipinski definition) is 3. The van der Waals surface area contributed by atoms with Gasteiger partial charge in [0, 0.05) is 24.9 Å². The molecule has 1 aromatic rings. The first-order valence-corrected chi connectivity index (χ1v) is 8.31. The molecule has 1 aliphatic rings. The average Bonchev–Trinajstić information content (AvgIpc) is 2.54. The van der Waals surface area contributed by atoms with Gasteiger partial charge in [0.15, 0.2) is 0 Å². The van der Waals surface area contributed by atoms with Crippen molar-refractivity contribution < 1.29 is 15.0 Å². The smallest absolute Gasteiger partial charge is 0.137 e. The van der Waals surface area contributed by atoms with Crippen LogP contribution in [0.4, 0.5) is 0 Å². The molecule has 1 aromatic carbocycles. The van der Waals surface area contributed by atoms with Gasteiger partial charge in [-0.2, -0.15) is 0 Å². The van der Waals surface area contributed by atoms with E-state index < -0.39 is 6.10 Å². The second-order valence-electron chi connectivity index (χ2n) is 6.33. The number of ketones is 1. The molecule has 0 aromatic heterocycles. The third-order valence-corrected chi connectivity index (χ3v) is 4.58. The number of Topliss-reactive ketones (excluding diaryl/α,β-unsaturated/α-hetero) is 1. The lowest BCUT2D eigenvalue weighted by Crippen LogP contribution is -2.34. The summed E-state index contributed by atoms with van der Waals surface area (Å²) in [6, 6.07) is 6.48. The Kier molecular flexibility index (Phi) is 6.40. The summed E-state index contributed by atoms with van der Waals surface area (Å²) >= 11 is 0.